The summed E-state index contributed by atoms with van der Waals surface area (Å²) in [4.78, 5) is 36.0. The Morgan fingerprint density at radius 3 is 2.65 bits per heavy atom. The summed E-state index contributed by atoms with van der Waals surface area (Å²) in [6.07, 6.45) is 0.541. The molecule has 1 atom stereocenters. The fourth-order valence-electron chi connectivity index (χ4n) is 1.17. The maximum absolute atomic E-state index is 11.5. The van der Waals surface area contributed by atoms with E-state index in [0.717, 1.165) is 4.57 Å². The number of aromatic nitrogens is 2. The van der Waals surface area contributed by atoms with Crippen LogP contribution in [0.2, 0.25) is 0 Å². The second kappa shape index (κ2) is 4.82. The SMILES string of the molecule is C=C(C)C(=O)OC(C)n1cc(C)c(=O)[nH]c1=O. The maximum atomic E-state index is 11.5. The lowest BCUT2D eigenvalue weighted by Crippen LogP contribution is -2.34. The summed E-state index contributed by atoms with van der Waals surface area (Å²) in [6, 6.07) is 0. The van der Waals surface area contributed by atoms with Crippen LogP contribution in [0.3, 0.4) is 0 Å². The van der Waals surface area contributed by atoms with Crippen molar-refractivity contribution in [2.24, 2.45) is 0 Å². The Hall–Kier alpha value is -2.11. The average molecular weight is 238 g/mol. The van der Waals surface area contributed by atoms with Crippen LogP contribution in [-0.4, -0.2) is 15.5 Å². The third-order valence-electron chi connectivity index (χ3n) is 2.16. The molecule has 92 valence electrons. The minimum Gasteiger partial charge on any atom is -0.438 e. The number of nitrogens with one attached hydrogen (secondary N) is 1. The van der Waals surface area contributed by atoms with Gasteiger partial charge >= 0.3 is 11.7 Å². The lowest BCUT2D eigenvalue weighted by Gasteiger charge is -2.15. The minimum atomic E-state index is -0.803. The first-order valence-electron chi connectivity index (χ1n) is 5.01. The molecular formula is C11H14N2O4. The molecule has 6 heteroatoms. The molecule has 0 aliphatic rings. The number of esters is 1. The molecule has 0 amide bonds. The predicted octanol–water partition coefficient (Wildman–Crippen LogP) is 0.483. The fourth-order valence-corrected chi connectivity index (χ4v) is 1.17. The van der Waals surface area contributed by atoms with E-state index in [4.69, 9.17) is 4.74 Å². The lowest BCUT2D eigenvalue weighted by molar-refractivity contribution is -0.147. The molecule has 0 aliphatic carbocycles. The van der Waals surface area contributed by atoms with E-state index in [-0.39, 0.29) is 5.57 Å². The molecule has 1 N–H and O–H groups in total. The molecule has 1 heterocycles. The first-order valence-corrected chi connectivity index (χ1v) is 5.01. The smallest absolute Gasteiger partial charge is 0.335 e. The molecule has 0 saturated heterocycles. The zero-order valence-electron chi connectivity index (χ0n) is 9.94. The molecule has 0 aliphatic heterocycles. The Morgan fingerprint density at radius 2 is 2.12 bits per heavy atom. The van der Waals surface area contributed by atoms with Crippen LogP contribution < -0.4 is 11.2 Å². The van der Waals surface area contributed by atoms with Crippen LogP contribution in [-0.2, 0) is 9.53 Å². The van der Waals surface area contributed by atoms with Crippen molar-refractivity contribution in [1.82, 2.24) is 9.55 Å². The minimum absolute atomic E-state index is 0.242. The van der Waals surface area contributed by atoms with Crippen LogP contribution >= 0.6 is 0 Å². The predicted molar refractivity (Wildman–Crippen MR) is 61.7 cm³/mol. The van der Waals surface area contributed by atoms with Crippen LogP contribution in [0, 0.1) is 6.92 Å². The molecule has 1 unspecified atom stereocenters. The zero-order valence-corrected chi connectivity index (χ0v) is 9.94. The van der Waals surface area contributed by atoms with E-state index in [9.17, 15) is 14.4 Å². The highest BCUT2D eigenvalue weighted by Gasteiger charge is 2.13. The van der Waals surface area contributed by atoms with Gasteiger partial charge in [0, 0.05) is 17.3 Å². The zero-order chi connectivity index (χ0) is 13.2. The van der Waals surface area contributed by atoms with Gasteiger partial charge in [-0.25, -0.2) is 9.59 Å². The molecule has 1 aromatic heterocycles. The van der Waals surface area contributed by atoms with Crippen molar-refractivity contribution in [2.75, 3.05) is 0 Å². The highest BCUT2D eigenvalue weighted by Crippen LogP contribution is 2.07. The van der Waals surface area contributed by atoms with Gasteiger partial charge in [0.1, 0.15) is 0 Å². The fraction of sp³-hybridized carbons (Fsp3) is 0.364. The van der Waals surface area contributed by atoms with Crippen molar-refractivity contribution in [2.45, 2.75) is 27.0 Å². The number of carbonyl (C=O) groups excluding carboxylic acids is 1. The normalized spacial score (nSPS) is 11.9. The summed E-state index contributed by atoms with van der Waals surface area (Å²) in [5.41, 5.74) is -0.471. The van der Waals surface area contributed by atoms with Gasteiger partial charge in [0.25, 0.3) is 5.56 Å². The molecule has 0 bridgehead atoms. The van der Waals surface area contributed by atoms with E-state index in [1.54, 1.807) is 6.92 Å². The van der Waals surface area contributed by atoms with E-state index in [1.807, 2.05) is 0 Å². The number of H-pyrrole nitrogens is 1. The van der Waals surface area contributed by atoms with Gasteiger partial charge in [0.2, 0.25) is 0 Å². The van der Waals surface area contributed by atoms with E-state index in [0.29, 0.717) is 5.56 Å². The Labute approximate surface area is 97.5 Å². The topological polar surface area (TPSA) is 81.2 Å². The second-order valence-corrected chi connectivity index (χ2v) is 3.76. The summed E-state index contributed by atoms with van der Waals surface area (Å²) >= 11 is 0. The van der Waals surface area contributed by atoms with Crippen LogP contribution in [0.1, 0.15) is 25.6 Å². The number of aromatic amines is 1. The standard InChI is InChI=1S/C11H14N2O4/c1-6(2)10(15)17-8(4)13-5-7(3)9(14)12-11(13)16/h5,8H,1H2,2-4H3,(H,12,14,16). The van der Waals surface area contributed by atoms with E-state index in [2.05, 4.69) is 11.6 Å². The van der Waals surface area contributed by atoms with Gasteiger partial charge in [0.05, 0.1) is 0 Å². The van der Waals surface area contributed by atoms with Gasteiger partial charge in [0.15, 0.2) is 6.23 Å². The number of ether oxygens (including phenoxy) is 1. The van der Waals surface area contributed by atoms with Crippen molar-refractivity contribution >= 4 is 5.97 Å². The number of carbonyl (C=O) groups is 1. The van der Waals surface area contributed by atoms with Crippen molar-refractivity contribution in [3.8, 4) is 0 Å². The van der Waals surface area contributed by atoms with E-state index < -0.39 is 23.4 Å². The van der Waals surface area contributed by atoms with Gasteiger partial charge in [-0.15, -0.1) is 0 Å². The summed E-state index contributed by atoms with van der Waals surface area (Å²) in [6.45, 7) is 8.03. The molecule has 1 rings (SSSR count). The van der Waals surface area contributed by atoms with Gasteiger partial charge in [-0.2, -0.15) is 0 Å². The quantitative estimate of drug-likeness (QED) is 0.613. The van der Waals surface area contributed by atoms with Gasteiger partial charge in [-0.05, 0) is 20.8 Å². The van der Waals surface area contributed by atoms with Crippen LogP contribution in [0.25, 0.3) is 0 Å². The van der Waals surface area contributed by atoms with Crippen molar-refractivity contribution in [1.29, 1.82) is 0 Å². The molecule has 0 saturated carbocycles. The third-order valence-corrected chi connectivity index (χ3v) is 2.16. The van der Waals surface area contributed by atoms with Crippen LogP contribution in [0.5, 0.6) is 0 Å². The first-order chi connectivity index (χ1) is 7.82. The molecule has 1 aromatic rings. The molecule has 0 radical (unpaired) electrons. The Morgan fingerprint density at radius 1 is 1.53 bits per heavy atom. The van der Waals surface area contributed by atoms with Crippen LogP contribution in [0.4, 0.5) is 0 Å². The molecule has 0 aromatic carbocycles. The van der Waals surface area contributed by atoms with Crippen molar-refractivity contribution < 1.29 is 9.53 Å². The van der Waals surface area contributed by atoms with Crippen molar-refractivity contribution in [3.05, 3.63) is 44.8 Å². The highest BCUT2D eigenvalue weighted by atomic mass is 16.6. The number of hydrogen-bond donors (Lipinski definition) is 1. The lowest BCUT2D eigenvalue weighted by atomic mass is 10.3. The summed E-state index contributed by atoms with van der Waals surface area (Å²) in [7, 11) is 0. The first kappa shape index (κ1) is 13.0. The number of nitrogens with zero attached hydrogens (tertiary/aromatic N) is 1. The Balaban J connectivity index is 3.05. The van der Waals surface area contributed by atoms with Crippen molar-refractivity contribution in [3.63, 3.8) is 0 Å². The summed E-state index contributed by atoms with van der Waals surface area (Å²) < 4.78 is 6.11. The van der Waals surface area contributed by atoms with Gasteiger partial charge < -0.3 is 4.74 Å². The molecular weight excluding hydrogens is 224 g/mol. The monoisotopic (exact) mass is 238 g/mol. The number of hydrogen-bond acceptors (Lipinski definition) is 4. The average Bonchev–Trinajstić information content (AvgIpc) is 2.22. The number of rotatable bonds is 3. The Bertz CT molecular complexity index is 568. The molecule has 17 heavy (non-hydrogen) atoms. The Kier molecular flexibility index (Phi) is 3.67. The maximum Gasteiger partial charge on any atom is 0.335 e. The highest BCUT2D eigenvalue weighted by molar-refractivity contribution is 5.86. The molecule has 0 spiro atoms. The van der Waals surface area contributed by atoms with E-state index in [1.165, 1.54) is 20.0 Å². The third kappa shape index (κ3) is 2.93. The molecule has 6 nitrogen and oxygen atoms in total. The molecule has 0 fully saturated rings. The van der Waals surface area contributed by atoms with Gasteiger partial charge in [-0.3, -0.25) is 14.3 Å². The van der Waals surface area contributed by atoms with Gasteiger partial charge in [-0.1, -0.05) is 6.58 Å². The summed E-state index contributed by atoms with van der Waals surface area (Å²) in [5, 5.41) is 0. The summed E-state index contributed by atoms with van der Waals surface area (Å²) in [5.74, 6) is -0.590. The largest absolute Gasteiger partial charge is 0.438 e. The number of aryl methyl sites for hydroxylation is 1. The van der Waals surface area contributed by atoms with Crippen LogP contribution in [0.15, 0.2) is 27.9 Å². The second-order valence-electron chi connectivity index (χ2n) is 3.76. The van der Waals surface area contributed by atoms with E-state index >= 15 is 0 Å².